The van der Waals surface area contributed by atoms with Gasteiger partial charge in [-0.1, -0.05) is 18.2 Å². The number of hydrogen-bond donors (Lipinski definition) is 1. The zero-order valence-corrected chi connectivity index (χ0v) is 8.90. The zero-order chi connectivity index (χ0) is 11.0. The first-order valence-electron chi connectivity index (χ1n) is 5.57. The third-order valence-corrected chi connectivity index (χ3v) is 2.85. The molecule has 1 amide bonds. The van der Waals surface area contributed by atoms with Gasteiger partial charge in [0.25, 0.3) is 0 Å². The lowest BCUT2D eigenvalue weighted by Crippen LogP contribution is -2.26. The number of rotatable bonds is 3. The number of amides is 1. The van der Waals surface area contributed by atoms with E-state index in [1.54, 1.807) is 6.26 Å². The van der Waals surface area contributed by atoms with E-state index in [0.29, 0.717) is 12.5 Å². The van der Waals surface area contributed by atoms with Crippen molar-refractivity contribution in [2.75, 3.05) is 0 Å². The molecule has 0 spiro atoms. The van der Waals surface area contributed by atoms with Crippen molar-refractivity contribution >= 4 is 16.9 Å². The van der Waals surface area contributed by atoms with Crippen molar-refractivity contribution < 1.29 is 9.21 Å². The topological polar surface area (TPSA) is 42.2 Å². The number of nitrogens with one attached hydrogen (secondary N) is 1. The van der Waals surface area contributed by atoms with Crippen LogP contribution in [0.5, 0.6) is 0 Å². The largest absolute Gasteiger partial charge is 0.464 e. The van der Waals surface area contributed by atoms with Gasteiger partial charge in [0.05, 0.1) is 12.7 Å². The van der Waals surface area contributed by atoms with E-state index in [2.05, 4.69) is 5.32 Å². The van der Waals surface area contributed by atoms with Crippen molar-refractivity contribution in [2.24, 2.45) is 0 Å². The summed E-state index contributed by atoms with van der Waals surface area (Å²) >= 11 is 0. The molecule has 2 aromatic rings. The highest BCUT2D eigenvalue weighted by Crippen LogP contribution is 2.22. The maximum Gasteiger partial charge on any atom is 0.224 e. The highest BCUT2D eigenvalue weighted by molar-refractivity contribution is 5.87. The molecular formula is C13H13NO2. The first kappa shape index (κ1) is 9.46. The van der Waals surface area contributed by atoms with Crippen LogP contribution in [0.3, 0.4) is 0 Å². The quantitative estimate of drug-likeness (QED) is 0.853. The molecule has 0 bridgehead atoms. The lowest BCUT2D eigenvalue weighted by molar-refractivity contribution is -0.120. The number of carbonyl (C=O) groups is 1. The van der Waals surface area contributed by atoms with Gasteiger partial charge in [0.1, 0.15) is 5.58 Å². The molecule has 0 unspecified atom stereocenters. The average molecular weight is 215 g/mol. The van der Waals surface area contributed by atoms with E-state index in [0.717, 1.165) is 29.4 Å². The van der Waals surface area contributed by atoms with Gasteiger partial charge in [-0.15, -0.1) is 0 Å². The van der Waals surface area contributed by atoms with Crippen molar-refractivity contribution in [1.82, 2.24) is 5.32 Å². The van der Waals surface area contributed by atoms with Crippen molar-refractivity contribution in [3.8, 4) is 0 Å². The van der Waals surface area contributed by atoms with Gasteiger partial charge in [-0.2, -0.15) is 0 Å². The summed E-state index contributed by atoms with van der Waals surface area (Å²) in [6.07, 6.45) is 4.33. The summed E-state index contributed by atoms with van der Waals surface area (Å²) in [4.78, 5) is 11.7. The Bertz CT molecular complexity index is 525. The van der Waals surface area contributed by atoms with Crippen LogP contribution in [0.1, 0.15) is 18.4 Å². The molecule has 82 valence electrons. The summed E-state index contributed by atoms with van der Waals surface area (Å²) in [5.74, 6) is 0.0917. The van der Waals surface area contributed by atoms with Gasteiger partial charge >= 0.3 is 0 Å². The predicted octanol–water partition coefficient (Wildman–Crippen LogP) is 2.25. The summed E-state index contributed by atoms with van der Waals surface area (Å²) in [7, 11) is 0. The zero-order valence-electron chi connectivity index (χ0n) is 8.90. The van der Waals surface area contributed by atoms with E-state index < -0.39 is 0 Å². The second-order valence-corrected chi connectivity index (χ2v) is 4.28. The maximum atomic E-state index is 11.7. The van der Waals surface area contributed by atoms with Crippen LogP contribution in [-0.2, 0) is 11.2 Å². The molecule has 3 nitrogen and oxygen atoms in total. The summed E-state index contributed by atoms with van der Waals surface area (Å²) in [6.45, 7) is 0. The molecule has 1 heterocycles. The minimum Gasteiger partial charge on any atom is -0.464 e. The van der Waals surface area contributed by atoms with Gasteiger partial charge in [0.15, 0.2) is 0 Å². The van der Waals surface area contributed by atoms with E-state index in [1.165, 1.54) is 0 Å². The number of furan rings is 1. The molecule has 1 aromatic heterocycles. The standard InChI is InChI=1S/C13H13NO2/c15-13(14-10-5-6-10)7-9-8-16-12-4-2-1-3-11(9)12/h1-4,8,10H,5-7H2,(H,14,15). The SMILES string of the molecule is O=C(Cc1coc2ccccc12)NC1CC1. The fraction of sp³-hybridized carbons (Fsp3) is 0.308. The predicted molar refractivity (Wildman–Crippen MR) is 61.1 cm³/mol. The third kappa shape index (κ3) is 1.81. The Hall–Kier alpha value is -1.77. The molecule has 1 N–H and O–H groups in total. The molecule has 0 atom stereocenters. The fourth-order valence-corrected chi connectivity index (χ4v) is 1.85. The van der Waals surface area contributed by atoms with Gasteiger partial charge in [0, 0.05) is 17.0 Å². The number of carbonyl (C=O) groups excluding carboxylic acids is 1. The van der Waals surface area contributed by atoms with Crippen molar-refractivity contribution in [3.05, 3.63) is 36.1 Å². The monoisotopic (exact) mass is 215 g/mol. The van der Waals surface area contributed by atoms with E-state index in [1.807, 2.05) is 24.3 Å². The third-order valence-electron chi connectivity index (χ3n) is 2.85. The van der Waals surface area contributed by atoms with Gasteiger partial charge in [-0.3, -0.25) is 4.79 Å². The average Bonchev–Trinajstić information content (AvgIpc) is 3.00. The van der Waals surface area contributed by atoms with Crippen LogP contribution in [-0.4, -0.2) is 11.9 Å². The Morgan fingerprint density at radius 2 is 2.19 bits per heavy atom. The molecule has 1 aliphatic carbocycles. The minimum absolute atomic E-state index is 0.0917. The van der Waals surface area contributed by atoms with Gasteiger partial charge in [0.2, 0.25) is 5.91 Å². The lowest BCUT2D eigenvalue weighted by atomic mass is 10.1. The molecule has 16 heavy (non-hydrogen) atoms. The van der Waals surface area contributed by atoms with E-state index in [9.17, 15) is 4.79 Å². The minimum atomic E-state index is 0.0917. The van der Waals surface area contributed by atoms with E-state index in [-0.39, 0.29) is 5.91 Å². The van der Waals surface area contributed by atoms with Crippen LogP contribution in [0.15, 0.2) is 34.9 Å². The molecule has 1 fully saturated rings. The fourth-order valence-electron chi connectivity index (χ4n) is 1.85. The van der Waals surface area contributed by atoms with Crippen LogP contribution in [0, 0.1) is 0 Å². The smallest absolute Gasteiger partial charge is 0.224 e. The Labute approximate surface area is 93.4 Å². The Kier molecular flexibility index (Phi) is 2.17. The number of hydrogen-bond acceptors (Lipinski definition) is 2. The number of para-hydroxylation sites is 1. The van der Waals surface area contributed by atoms with Crippen LogP contribution in [0.4, 0.5) is 0 Å². The van der Waals surface area contributed by atoms with E-state index in [4.69, 9.17) is 4.42 Å². The van der Waals surface area contributed by atoms with Crippen molar-refractivity contribution in [1.29, 1.82) is 0 Å². The lowest BCUT2D eigenvalue weighted by Gasteiger charge is -2.01. The van der Waals surface area contributed by atoms with Gasteiger partial charge in [-0.25, -0.2) is 0 Å². The molecule has 0 radical (unpaired) electrons. The summed E-state index contributed by atoms with van der Waals surface area (Å²) in [5, 5.41) is 4.01. The van der Waals surface area contributed by atoms with Crippen LogP contribution >= 0.6 is 0 Å². The second kappa shape index (κ2) is 3.67. The van der Waals surface area contributed by atoms with Crippen LogP contribution in [0.2, 0.25) is 0 Å². The molecule has 1 saturated carbocycles. The second-order valence-electron chi connectivity index (χ2n) is 4.28. The Morgan fingerprint density at radius 1 is 1.38 bits per heavy atom. The molecule has 3 heteroatoms. The highest BCUT2D eigenvalue weighted by Gasteiger charge is 2.23. The van der Waals surface area contributed by atoms with Gasteiger partial charge < -0.3 is 9.73 Å². The van der Waals surface area contributed by atoms with E-state index >= 15 is 0 Å². The highest BCUT2D eigenvalue weighted by atomic mass is 16.3. The maximum absolute atomic E-state index is 11.7. The number of benzene rings is 1. The summed E-state index contributed by atoms with van der Waals surface area (Å²) in [6, 6.07) is 8.21. The Morgan fingerprint density at radius 3 is 3.00 bits per heavy atom. The normalized spacial score (nSPS) is 15.2. The molecule has 1 aliphatic rings. The van der Waals surface area contributed by atoms with Crippen LogP contribution in [0.25, 0.3) is 11.0 Å². The summed E-state index contributed by atoms with van der Waals surface area (Å²) < 4.78 is 5.39. The van der Waals surface area contributed by atoms with Crippen LogP contribution < -0.4 is 5.32 Å². The molecule has 0 saturated heterocycles. The van der Waals surface area contributed by atoms with Gasteiger partial charge in [-0.05, 0) is 18.9 Å². The molecule has 3 rings (SSSR count). The molecule has 1 aromatic carbocycles. The summed E-state index contributed by atoms with van der Waals surface area (Å²) in [5.41, 5.74) is 1.81. The first-order valence-corrected chi connectivity index (χ1v) is 5.57. The number of fused-ring (bicyclic) bond motifs is 1. The Balaban J connectivity index is 1.80. The van der Waals surface area contributed by atoms with Crippen molar-refractivity contribution in [2.45, 2.75) is 25.3 Å². The van der Waals surface area contributed by atoms with Crippen molar-refractivity contribution in [3.63, 3.8) is 0 Å². The molecule has 0 aliphatic heterocycles. The molecular weight excluding hydrogens is 202 g/mol. The first-order chi connectivity index (χ1) is 7.83.